The van der Waals surface area contributed by atoms with Crippen LogP contribution in [-0.2, 0) is 22.7 Å². The molecule has 0 aromatic carbocycles. The van der Waals surface area contributed by atoms with Gasteiger partial charge in [-0.15, -0.1) is 0 Å². The Morgan fingerprint density at radius 1 is 0.786 bits per heavy atom. The molecule has 2 rings (SSSR count). The summed E-state index contributed by atoms with van der Waals surface area (Å²) < 4.78 is 3.85. The Morgan fingerprint density at radius 2 is 1.21 bits per heavy atom. The van der Waals surface area contributed by atoms with Crippen LogP contribution < -0.4 is 19.8 Å². The van der Waals surface area contributed by atoms with E-state index in [4.69, 9.17) is 0 Å². The van der Waals surface area contributed by atoms with Crippen LogP contribution in [0.2, 0.25) is 0 Å². The maximum Gasteiger partial charge on any atom is 0.286 e. The van der Waals surface area contributed by atoms with Crippen molar-refractivity contribution in [2.24, 2.45) is 0 Å². The minimum absolute atomic E-state index is 0.0193. The molecule has 0 aliphatic heterocycles. The minimum Gasteiger partial charge on any atom is -0.350 e. The van der Waals surface area contributed by atoms with E-state index in [0.717, 1.165) is 22.9 Å². The van der Waals surface area contributed by atoms with Crippen molar-refractivity contribution >= 4 is 33.4 Å². The molecule has 0 saturated carbocycles. The molecule has 0 bridgehead atoms. The average Bonchev–Trinajstić information content (AvgIpc) is 2.67. The molecular formula is C20H28N4O2S2+2. The highest BCUT2D eigenvalue weighted by molar-refractivity contribution is 8.76. The topological polar surface area (TPSA) is 66.0 Å². The second-order valence-corrected chi connectivity index (χ2v) is 8.99. The van der Waals surface area contributed by atoms with Gasteiger partial charge in [-0.3, -0.25) is 9.59 Å². The number of amides is 2. The van der Waals surface area contributed by atoms with Gasteiger partial charge in [0.15, 0.2) is 23.8 Å². The molecule has 0 radical (unpaired) electrons. The van der Waals surface area contributed by atoms with Crippen molar-refractivity contribution in [3.05, 3.63) is 60.2 Å². The van der Waals surface area contributed by atoms with Crippen LogP contribution in [0.4, 0.5) is 0 Å². The van der Waals surface area contributed by atoms with E-state index in [1.807, 2.05) is 71.8 Å². The second kappa shape index (κ2) is 12.4. The van der Waals surface area contributed by atoms with Crippen LogP contribution in [0.25, 0.3) is 0 Å². The number of rotatable bonds is 11. The number of pyridine rings is 2. The molecule has 8 heteroatoms. The lowest BCUT2D eigenvalue weighted by Crippen LogP contribution is -2.45. The zero-order valence-electron chi connectivity index (χ0n) is 16.4. The van der Waals surface area contributed by atoms with Gasteiger partial charge in [0.05, 0.1) is 0 Å². The highest BCUT2D eigenvalue weighted by Crippen LogP contribution is 2.19. The molecule has 0 aliphatic rings. The van der Waals surface area contributed by atoms with Crippen molar-refractivity contribution in [2.75, 3.05) is 24.6 Å². The molecule has 6 nitrogen and oxygen atoms in total. The summed E-state index contributed by atoms with van der Waals surface area (Å²) in [6.07, 6.45) is 3.82. The van der Waals surface area contributed by atoms with Gasteiger partial charge in [-0.25, -0.2) is 0 Å². The summed E-state index contributed by atoms with van der Waals surface area (Å²) in [7, 11) is 3.40. The zero-order chi connectivity index (χ0) is 20.2. The second-order valence-electron chi connectivity index (χ2n) is 6.28. The summed E-state index contributed by atoms with van der Waals surface area (Å²) in [5, 5.41) is 5.87. The van der Waals surface area contributed by atoms with E-state index in [1.165, 1.54) is 0 Å². The number of hydrogen-bond acceptors (Lipinski definition) is 4. The van der Waals surface area contributed by atoms with Crippen LogP contribution in [0.15, 0.2) is 48.8 Å². The van der Waals surface area contributed by atoms with Crippen LogP contribution in [0.3, 0.4) is 0 Å². The van der Waals surface area contributed by atoms with Crippen molar-refractivity contribution in [3.8, 4) is 0 Å². The summed E-state index contributed by atoms with van der Waals surface area (Å²) in [4.78, 5) is 23.9. The van der Waals surface area contributed by atoms with Gasteiger partial charge in [-0.2, -0.15) is 9.13 Å². The van der Waals surface area contributed by atoms with E-state index < -0.39 is 0 Å². The SMILES string of the molecule is Cc1cccc[n+]1CC(=O)NCCSSCCNC(=O)C[n+]1ccccc1C. The number of hydrogen-bond donors (Lipinski definition) is 2. The fourth-order valence-corrected chi connectivity index (χ4v) is 4.30. The minimum atomic E-state index is 0.0193. The van der Waals surface area contributed by atoms with E-state index in [0.29, 0.717) is 26.2 Å². The molecule has 0 fully saturated rings. The first-order valence-corrected chi connectivity index (χ1v) is 11.7. The lowest BCUT2D eigenvalue weighted by molar-refractivity contribution is -0.690. The van der Waals surface area contributed by atoms with Crippen LogP contribution in [-0.4, -0.2) is 36.4 Å². The number of nitrogens with zero attached hydrogens (tertiary/aromatic N) is 2. The van der Waals surface area contributed by atoms with Gasteiger partial charge in [0.2, 0.25) is 13.1 Å². The van der Waals surface area contributed by atoms with Crippen molar-refractivity contribution < 1.29 is 18.7 Å². The quantitative estimate of drug-likeness (QED) is 0.326. The summed E-state index contributed by atoms with van der Waals surface area (Å²) in [6.45, 7) is 5.93. The molecule has 2 heterocycles. The largest absolute Gasteiger partial charge is 0.350 e. The maximum atomic E-state index is 12.0. The van der Waals surface area contributed by atoms with Gasteiger partial charge >= 0.3 is 0 Å². The monoisotopic (exact) mass is 420 g/mol. The molecule has 2 aromatic heterocycles. The van der Waals surface area contributed by atoms with Crippen LogP contribution >= 0.6 is 21.6 Å². The number of aryl methyl sites for hydroxylation is 2. The standard InChI is InChI=1S/C20H26N4O2S2/c1-17-7-3-5-11-23(17)15-19(25)21-9-13-27-28-14-10-22-20(26)16-24-12-6-4-8-18(24)2/h3-8,11-12H,9-10,13-16H2,1-2H3/p+2. The van der Waals surface area contributed by atoms with Crippen LogP contribution in [0.5, 0.6) is 0 Å². The van der Waals surface area contributed by atoms with Gasteiger partial charge in [0, 0.05) is 62.7 Å². The van der Waals surface area contributed by atoms with E-state index in [-0.39, 0.29) is 11.8 Å². The average molecular weight is 421 g/mol. The molecule has 0 aliphatic carbocycles. The number of carbonyl (C=O) groups excluding carboxylic acids is 2. The van der Waals surface area contributed by atoms with Gasteiger partial charge in [0.1, 0.15) is 0 Å². The summed E-state index contributed by atoms with van der Waals surface area (Å²) in [5.74, 6) is 1.71. The fraction of sp³-hybridized carbons (Fsp3) is 0.400. The highest BCUT2D eigenvalue weighted by atomic mass is 33.1. The van der Waals surface area contributed by atoms with Crippen LogP contribution in [0.1, 0.15) is 11.4 Å². The van der Waals surface area contributed by atoms with Gasteiger partial charge in [-0.05, 0) is 0 Å². The Morgan fingerprint density at radius 3 is 1.61 bits per heavy atom. The van der Waals surface area contributed by atoms with Crippen molar-refractivity contribution in [1.82, 2.24) is 10.6 Å². The van der Waals surface area contributed by atoms with Crippen molar-refractivity contribution in [3.63, 3.8) is 0 Å². The lowest BCUT2D eigenvalue weighted by Gasteiger charge is -2.05. The molecule has 0 unspecified atom stereocenters. The third-order valence-corrected chi connectivity index (χ3v) is 6.47. The predicted molar refractivity (Wildman–Crippen MR) is 114 cm³/mol. The van der Waals surface area contributed by atoms with Crippen molar-refractivity contribution in [1.29, 1.82) is 0 Å². The summed E-state index contributed by atoms with van der Waals surface area (Å²) >= 11 is 0. The Bertz CT molecular complexity index is 721. The lowest BCUT2D eigenvalue weighted by atomic mass is 10.3. The van der Waals surface area contributed by atoms with Gasteiger partial charge in [-0.1, -0.05) is 33.7 Å². The molecular weight excluding hydrogens is 392 g/mol. The normalized spacial score (nSPS) is 10.5. The molecule has 28 heavy (non-hydrogen) atoms. The zero-order valence-corrected chi connectivity index (χ0v) is 18.0. The Balaban J connectivity index is 1.48. The molecule has 150 valence electrons. The Hall–Kier alpha value is -2.06. The third-order valence-electron chi connectivity index (χ3n) is 4.06. The molecule has 2 aromatic rings. The van der Waals surface area contributed by atoms with E-state index >= 15 is 0 Å². The third kappa shape index (κ3) is 8.31. The first-order valence-electron chi connectivity index (χ1n) is 9.24. The van der Waals surface area contributed by atoms with Gasteiger partial charge in [0.25, 0.3) is 11.8 Å². The molecule has 2 N–H and O–H groups in total. The molecule has 0 spiro atoms. The number of nitrogens with one attached hydrogen (secondary N) is 2. The number of aromatic nitrogens is 2. The fourth-order valence-electron chi connectivity index (χ4n) is 2.48. The van der Waals surface area contributed by atoms with E-state index in [2.05, 4.69) is 10.6 Å². The first kappa shape index (κ1) is 22.2. The van der Waals surface area contributed by atoms with Crippen molar-refractivity contribution in [2.45, 2.75) is 26.9 Å². The molecule has 0 saturated heterocycles. The summed E-state index contributed by atoms with van der Waals surface area (Å²) in [5.41, 5.74) is 2.12. The van der Waals surface area contributed by atoms with E-state index in [1.54, 1.807) is 21.6 Å². The number of carbonyl (C=O) groups is 2. The molecule has 0 atom stereocenters. The predicted octanol–water partition coefficient (Wildman–Crippen LogP) is 1.19. The Labute approximate surface area is 174 Å². The molecule has 2 amide bonds. The summed E-state index contributed by atoms with van der Waals surface area (Å²) in [6, 6.07) is 11.7. The Kier molecular flexibility index (Phi) is 9.85. The van der Waals surface area contributed by atoms with Gasteiger partial charge < -0.3 is 10.6 Å². The smallest absolute Gasteiger partial charge is 0.286 e. The first-order chi connectivity index (χ1) is 13.6. The highest BCUT2D eigenvalue weighted by Gasteiger charge is 2.12. The van der Waals surface area contributed by atoms with Crippen LogP contribution in [0, 0.1) is 13.8 Å². The maximum absolute atomic E-state index is 12.0. The van der Waals surface area contributed by atoms with E-state index in [9.17, 15) is 9.59 Å².